The molecule has 2 aromatic carbocycles. The van der Waals surface area contributed by atoms with Crippen LogP contribution >= 0.6 is 0 Å². The van der Waals surface area contributed by atoms with Crippen LogP contribution in [0.5, 0.6) is 0 Å². The number of halogens is 2. The Balaban J connectivity index is 1.50. The summed E-state index contributed by atoms with van der Waals surface area (Å²) in [6.07, 6.45) is -0.0892. The van der Waals surface area contributed by atoms with Gasteiger partial charge in [-0.05, 0) is 37.1 Å². The first kappa shape index (κ1) is 21.7. The molecule has 3 amide bonds. The summed E-state index contributed by atoms with van der Waals surface area (Å²) in [5, 5.41) is 17.3. The molecule has 0 bridgehead atoms. The van der Waals surface area contributed by atoms with E-state index in [9.17, 15) is 23.5 Å². The predicted molar refractivity (Wildman–Crippen MR) is 107 cm³/mol. The number of nitrogens with one attached hydrogen (secondary N) is 3. The summed E-state index contributed by atoms with van der Waals surface area (Å²) in [4.78, 5) is 24.4. The van der Waals surface area contributed by atoms with E-state index < -0.39 is 35.9 Å². The molecule has 0 saturated carbocycles. The highest BCUT2D eigenvalue weighted by Crippen LogP contribution is 2.23. The van der Waals surface area contributed by atoms with Gasteiger partial charge in [-0.2, -0.15) is 0 Å². The lowest BCUT2D eigenvalue weighted by Gasteiger charge is -2.35. The fourth-order valence-corrected chi connectivity index (χ4v) is 3.31. The van der Waals surface area contributed by atoms with E-state index in [0.717, 1.165) is 18.2 Å². The van der Waals surface area contributed by atoms with E-state index >= 15 is 0 Å². The van der Waals surface area contributed by atoms with Crippen molar-refractivity contribution in [2.24, 2.45) is 0 Å². The number of carbonyl (C=O) groups is 2. The van der Waals surface area contributed by atoms with Gasteiger partial charge in [0.25, 0.3) is 0 Å². The quantitative estimate of drug-likeness (QED) is 0.578. The summed E-state index contributed by atoms with van der Waals surface area (Å²) in [6.45, 7) is -0.365. The lowest BCUT2D eigenvalue weighted by atomic mass is 9.97. The molecule has 0 unspecified atom stereocenters. The van der Waals surface area contributed by atoms with Crippen molar-refractivity contribution in [1.29, 1.82) is 0 Å². The van der Waals surface area contributed by atoms with Crippen LogP contribution in [0.1, 0.15) is 19.3 Å². The molecule has 3 rings (SSSR count). The summed E-state index contributed by atoms with van der Waals surface area (Å²) in [5.74, 6) is -1.67. The van der Waals surface area contributed by atoms with E-state index in [2.05, 4.69) is 16.0 Å². The molecule has 3 atom stereocenters. The zero-order valence-electron chi connectivity index (χ0n) is 16.1. The molecule has 1 saturated heterocycles. The molecule has 0 aromatic heterocycles. The van der Waals surface area contributed by atoms with Gasteiger partial charge in [-0.1, -0.05) is 18.2 Å². The number of carbonyl (C=O) groups excluding carboxylic acids is 2. The summed E-state index contributed by atoms with van der Waals surface area (Å²) in [6, 6.07) is 10.5. The van der Waals surface area contributed by atoms with Crippen molar-refractivity contribution in [3.63, 3.8) is 0 Å². The van der Waals surface area contributed by atoms with Crippen LogP contribution in [0.25, 0.3) is 0 Å². The van der Waals surface area contributed by atoms with Gasteiger partial charge in [-0.15, -0.1) is 0 Å². The highest BCUT2D eigenvalue weighted by molar-refractivity contribution is 5.91. The van der Waals surface area contributed by atoms with Crippen LogP contribution in [0, 0.1) is 11.6 Å². The van der Waals surface area contributed by atoms with Crippen LogP contribution in [0.3, 0.4) is 0 Å². The molecular formula is C21H23F2N3O4. The number of hydrogen-bond acceptors (Lipinski definition) is 4. The maximum Gasteiger partial charge on any atom is 0.319 e. The molecule has 4 N–H and O–H groups in total. The van der Waals surface area contributed by atoms with Crippen molar-refractivity contribution in [3.05, 3.63) is 60.2 Å². The molecule has 7 nitrogen and oxygen atoms in total. The maximum absolute atomic E-state index is 13.7. The van der Waals surface area contributed by atoms with Gasteiger partial charge in [0.2, 0.25) is 5.91 Å². The molecule has 0 aliphatic carbocycles. The third kappa shape index (κ3) is 5.98. The highest BCUT2D eigenvalue weighted by atomic mass is 19.1. The molecular weight excluding hydrogens is 396 g/mol. The number of amides is 3. The maximum atomic E-state index is 13.7. The van der Waals surface area contributed by atoms with Gasteiger partial charge in [0, 0.05) is 11.8 Å². The largest absolute Gasteiger partial charge is 0.394 e. The smallest absolute Gasteiger partial charge is 0.319 e. The number of ether oxygens (including phenoxy) is 1. The van der Waals surface area contributed by atoms with Gasteiger partial charge in [0.05, 0.1) is 30.9 Å². The number of rotatable bonds is 6. The van der Waals surface area contributed by atoms with E-state index in [0.29, 0.717) is 18.5 Å². The standard InChI is InChI=1S/C21H23F2N3O4/c22-13-6-8-16(23)18(10-13)26-21(29)25-17-9-7-15(30-19(17)12-27)11-20(28)24-14-4-2-1-3-5-14/h1-6,8,10,15,17,19,27H,7,9,11-12H2,(H,24,28)(H2,25,26,29)/t15-,17+,19-/m0/s1. The Bertz CT molecular complexity index is 882. The Morgan fingerprint density at radius 3 is 2.57 bits per heavy atom. The van der Waals surface area contributed by atoms with Crippen LogP contribution in [-0.4, -0.2) is 41.9 Å². The average molecular weight is 419 g/mol. The minimum absolute atomic E-state index is 0.110. The van der Waals surface area contributed by atoms with E-state index in [1.807, 2.05) is 18.2 Å². The van der Waals surface area contributed by atoms with E-state index in [4.69, 9.17) is 4.74 Å². The average Bonchev–Trinajstić information content (AvgIpc) is 2.72. The third-order valence-corrected chi connectivity index (χ3v) is 4.76. The van der Waals surface area contributed by atoms with Crippen molar-refractivity contribution >= 4 is 23.3 Å². The molecule has 160 valence electrons. The molecule has 1 heterocycles. The first-order chi connectivity index (χ1) is 14.4. The number of para-hydroxylation sites is 1. The van der Waals surface area contributed by atoms with Crippen molar-refractivity contribution in [2.45, 2.75) is 37.5 Å². The second-order valence-corrected chi connectivity index (χ2v) is 7.00. The minimum Gasteiger partial charge on any atom is -0.394 e. The Morgan fingerprint density at radius 1 is 1.07 bits per heavy atom. The molecule has 9 heteroatoms. The topological polar surface area (TPSA) is 99.7 Å². The zero-order valence-corrected chi connectivity index (χ0v) is 16.1. The van der Waals surface area contributed by atoms with Gasteiger partial charge in [0.15, 0.2) is 0 Å². The number of benzene rings is 2. The van der Waals surface area contributed by atoms with Gasteiger partial charge in [-0.25, -0.2) is 13.6 Å². The summed E-state index contributed by atoms with van der Waals surface area (Å²) < 4.78 is 32.7. The van der Waals surface area contributed by atoms with E-state index in [-0.39, 0.29) is 24.6 Å². The summed E-state index contributed by atoms with van der Waals surface area (Å²) in [5.41, 5.74) is 0.387. The molecule has 1 fully saturated rings. The third-order valence-electron chi connectivity index (χ3n) is 4.76. The van der Waals surface area contributed by atoms with Crippen molar-refractivity contribution < 1.29 is 28.2 Å². The van der Waals surface area contributed by atoms with Crippen LogP contribution in [0.2, 0.25) is 0 Å². The Morgan fingerprint density at radius 2 is 1.83 bits per heavy atom. The first-order valence-corrected chi connectivity index (χ1v) is 9.58. The number of anilines is 2. The number of aliphatic hydroxyl groups excluding tert-OH is 1. The van der Waals surface area contributed by atoms with Crippen LogP contribution in [0.15, 0.2) is 48.5 Å². The molecule has 1 aliphatic heterocycles. The lowest BCUT2D eigenvalue weighted by molar-refractivity contribution is -0.126. The predicted octanol–water partition coefficient (Wildman–Crippen LogP) is 3.02. The van der Waals surface area contributed by atoms with Crippen LogP contribution in [0.4, 0.5) is 25.0 Å². The van der Waals surface area contributed by atoms with E-state index in [1.165, 1.54) is 0 Å². The molecule has 30 heavy (non-hydrogen) atoms. The van der Waals surface area contributed by atoms with Gasteiger partial charge in [0.1, 0.15) is 17.7 Å². The lowest BCUT2D eigenvalue weighted by Crippen LogP contribution is -2.52. The fourth-order valence-electron chi connectivity index (χ4n) is 3.31. The van der Waals surface area contributed by atoms with E-state index in [1.54, 1.807) is 12.1 Å². The Hall–Kier alpha value is -3.04. The molecule has 1 aliphatic rings. The Labute approximate surface area is 172 Å². The Kier molecular flexibility index (Phi) is 7.31. The highest BCUT2D eigenvalue weighted by Gasteiger charge is 2.33. The van der Waals surface area contributed by atoms with Gasteiger partial charge in [-0.3, -0.25) is 4.79 Å². The fraction of sp³-hybridized carbons (Fsp3) is 0.333. The minimum atomic E-state index is -0.769. The van der Waals surface area contributed by atoms with Crippen molar-refractivity contribution in [3.8, 4) is 0 Å². The normalized spacial score (nSPS) is 21.0. The summed E-state index contributed by atoms with van der Waals surface area (Å²) in [7, 11) is 0. The summed E-state index contributed by atoms with van der Waals surface area (Å²) >= 11 is 0. The first-order valence-electron chi connectivity index (χ1n) is 9.58. The number of urea groups is 1. The van der Waals surface area contributed by atoms with Crippen LogP contribution < -0.4 is 16.0 Å². The second-order valence-electron chi connectivity index (χ2n) is 7.00. The molecule has 2 aromatic rings. The van der Waals surface area contributed by atoms with Gasteiger partial charge < -0.3 is 25.8 Å². The molecule has 0 radical (unpaired) electrons. The molecule has 0 spiro atoms. The zero-order chi connectivity index (χ0) is 21.5. The SMILES string of the molecule is O=C(C[C@@H]1CC[C@@H](NC(=O)Nc2cc(F)ccc2F)[C@H](CO)O1)Nc1ccccc1. The van der Waals surface area contributed by atoms with Gasteiger partial charge >= 0.3 is 6.03 Å². The number of aliphatic hydroxyl groups is 1. The van der Waals surface area contributed by atoms with Crippen LogP contribution in [-0.2, 0) is 9.53 Å². The monoisotopic (exact) mass is 419 g/mol. The second kappa shape index (κ2) is 10.1. The number of hydrogen-bond donors (Lipinski definition) is 4. The van der Waals surface area contributed by atoms with Crippen molar-refractivity contribution in [1.82, 2.24) is 5.32 Å². The van der Waals surface area contributed by atoms with Crippen molar-refractivity contribution in [2.75, 3.05) is 17.2 Å².